The number of fused-ring (bicyclic) bond motifs is 1. The topological polar surface area (TPSA) is 89.6 Å². The third-order valence-corrected chi connectivity index (χ3v) is 3.66. The summed E-state index contributed by atoms with van der Waals surface area (Å²) in [6.45, 7) is 5.32. The molecule has 7 nitrogen and oxygen atoms in total. The molecule has 2 heterocycles. The summed E-state index contributed by atoms with van der Waals surface area (Å²) < 4.78 is 11.1. The molecule has 0 saturated heterocycles. The molecule has 1 aromatic carbocycles. The van der Waals surface area contributed by atoms with Crippen LogP contribution in [0.15, 0.2) is 48.7 Å². The summed E-state index contributed by atoms with van der Waals surface area (Å²) >= 11 is 0. The smallest absolute Gasteiger partial charge is 0.408 e. The van der Waals surface area contributed by atoms with Gasteiger partial charge in [0.15, 0.2) is 0 Å². The second-order valence-electron chi connectivity index (χ2n) is 6.92. The minimum absolute atomic E-state index is 0.309. The Morgan fingerprint density at radius 2 is 1.96 bits per heavy atom. The van der Waals surface area contributed by atoms with E-state index in [1.807, 2.05) is 30.3 Å². The Bertz CT molecular complexity index is 802. The van der Waals surface area contributed by atoms with Crippen molar-refractivity contribution in [1.82, 2.24) is 10.3 Å². The second-order valence-corrected chi connectivity index (χ2v) is 6.92. The molecule has 0 saturated carbocycles. The number of benzene rings is 1. The van der Waals surface area contributed by atoms with Crippen molar-refractivity contribution < 1.29 is 19.1 Å². The first-order valence-electron chi connectivity index (χ1n) is 8.30. The highest BCUT2D eigenvalue weighted by Gasteiger charge is 2.38. The zero-order valence-corrected chi connectivity index (χ0v) is 14.9. The van der Waals surface area contributed by atoms with Gasteiger partial charge in [-0.15, -0.1) is 0 Å². The Labute approximate surface area is 151 Å². The quantitative estimate of drug-likeness (QED) is 0.883. The Balaban J connectivity index is 1.89. The maximum Gasteiger partial charge on any atom is 0.408 e. The van der Waals surface area contributed by atoms with Crippen LogP contribution < -0.4 is 15.4 Å². The van der Waals surface area contributed by atoms with E-state index in [-0.39, 0.29) is 5.91 Å². The Hall–Kier alpha value is -3.09. The highest BCUT2D eigenvalue weighted by molar-refractivity contribution is 5.98. The largest absolute Gasteiger partial charge is 0.460 e. The van der Waals surface area contributed by atoms with Crippen LogP contribution in [0.2, 0.25) is 0 Å². The maximum atomic E-state index is 12.6. The number of nitrogens with zero attached hydrogens (tertiary/aromatic N) is 1. The Morgan fingerprint density at radius 1 is 1.23 bits per heavy atom. The lowest BCUT2D eigenvalue weighted by Crippen LogP contribution is -2.49. The molecular weight excluding hydrogens is 334 g/mol. The van der Waals surface area contributed by atoms with Gasteiger partial charge >= 0.3 is 6.09 Å². The summed E-state index contributed by atoms with van der Waals surface area (Å²) in [4.78, 5) is 29.0. The lowest BCUT2D eigenvalue weighted by molar-refractivity contribution is -0.125. The molecule has 2 N–H and O–H groups in total. The lowest BCUT2D eigenvalue weighted by Gasteiger charge is -2.32. The van der Waals surface area contributed by atoms with Gasteiger partial charge in [-0.25, -0.2) is 9.78 Å². The van der Waals surface area contributed by atoms with Gasteiger partial charge < -0.3 is 20.1 Å². The first-order chi connectivity index (χ1) is 12.3. The van der Waals surface area contributed by atoms with Crippen molar-refractivity contribution in [3.05, 3.63) is 54.2 Å². The zero-order valence-electron chi connectivity index (χ0n) is 14.9. The number of carbonyl (C=O) groups is 2. The minimum atomic E-state index is -0.979. The number of carbonyl (C=O) groups excluding carboxylic acids is 2. The van der Waals surface area contributed by atoms with Crippen LogP contribution in [0.1, 0.15) is 32.4 Å². The highest BCUT2D eigenvalue weighted by atomic mass is 16.6. The van der Waals surface area contributed by atoms with Gasteiger partial charge in [-0.05, 0) is 38.5 Å². The van der Waals surface area contributed by atoms with E-state index in [4.69, 9.17) is 9.47 Å². The van der Waals surface area contributed by atoms with Gasteiger partial charge in [0.05, 0.1) is 0 Å². The number of alkyl carbamates (subject to hydrolysis) is 1. The van der Waals surface area contributed by atoms with Crippen molar-refractivity contribution in [2.45, 2.75) is 38.5 Å². The number of aromatic nitrogens is 1. The van der Waals surface area contributed by atoms with Gasteiger partial charge in [0, 0.05) is 6.20 Å². The van der Waals surface area contributed by atoms with E-state index in [1.54, 1.807) is 39.1 Å². The summed E-state index contributed by atoms with van der Waals surface area (Å²) in [5.41, 5.74) is 0.561. The van der Waals surface area contributed by atoms with Crippen molar-refractivity contribution in [2.75, 3.05) is 5.32 Å². The SMILES string of the molecule is CC(C)(C)OC(=O)N[C@H](c1ccccc1)[C@H]1Oc2ncccc2NC1=O. The minimum Gasteiger partial charge on any atom is -0.460 e. The van der Waals surface area contributed by atoms with Crippen molar-refractivity contribution in [3.8, 4) is 5.88 Å². The summed E-state index contributed by atoms with van der Waals surface area (Å²) in [5.74, 6) is -0.0561. The van der Waals surface area contributed by atoms with Crippen LogP contribution >= 0.6 is 0 Å². The second kappa shape index (κ2) is 7.03. The van der Waals surface area contributed by atoms with Crippen LogP contribution in [0.25, 0.3) is 0 Å². The first kappa shape index (κ1) is 17.7. The molecule has 0 spiro atoms. The molecule has 2 atom stereocenters. The molecule has 2 aromatic rings. The fraction of sp³-hybridized carbons (Fsp3) is 0.316. The number of nitrogens with one attached hydrogen (secondary N) is 2. The van der Waals surface area contributed by atoms with Crippen LogP contribution in [-0.2, 0) is 9.53 Å². The standard InChI is InChI=1S/C19H21N3O4/c1-19(2,3)26-18(24)22-14(12-8-5-4-6-9-12)15-16(23)21-13-10-7-11-20-17(13)25-15/h4-11,14-15H,1-3H3,(H,21,23)(H,22,24)/t14-,15-/m1/s1. The number of hydrogen-bond acceptors (Lipinski definition) is 5. The van der Waals surface area contributed by atoms with E-state index in [0.29, 0.717) is 11.6 Å². The molecule has 0 radical (unpaired) electrons. The van der Waals surface area contributed by atoms with Gasteiger partial charge in [-0.1, -0.05) is 30.3 Å². The van der Waals surface area contributed by atoms with Crippen molar-refractivity contribution in [2.24, 2.45) is 0 Å². The van der Waals surface area contributed by atoms with Crippen LogP contribution in [0.5, 0.6) is 5.88 Å². The van der Waals surface area contributed by atoms with E-state index in [2.05, 4.69) is 15.6 Å². The maximum absolute atomic E-state index is 12.6. The molecule has 1 aliphatic rings. The molecule has 136 valence electrons. The molecule has 1 aromatic heterocycles. The van der Waals surface area contributed by atoms with Crippen LogP contribution in [0.3, 0.4) is 0 Å². The molecule has 2 amide bonds. The summed E-state index contributed by atoms with van der Waals surface area (Å²) in [6.07, 6.45) is -0.0338. The van der Waals surface area contributed by atoms with Gasteiger partial charge in [-0.3, -0.25) is 4.79 Å². The van der Waals surface area contributed by atoms with Crippen molar-refractivity contribution >= 4 is 17.7 Å². The molecule has 0 fully saturated rings. The van der Waals surface area contributed by atoms with Crippen molar-refractivity contribution in [1.29, 1.82) is 0 Å². The van der Waals surface area contributed by atoms with Crippen LogP contribution in [0, 0.1) is 0 Å². The molecule has 1 aliphatic heterocycles. The van der Waals surface area contributed by atoms with E-state index < -0.39 is 23.8 Å². The van der Waals surface area contributed by atoms with Crippen LogP contribution in [-0.4, -0.2) is 28.7 Å². The average Bonchev–Trinajstić information content (AvgIpc) is 2.58. The Kier molecular flexibility index (Phi) is 4.79. The normalized spacial score (nSPS) is 17.3. The molecule has 26 heavy (non-hydrogen) atoms. The highest BCUT2D eigenvalue weighted by Crippen LogP contribution is 2.31. The molecule has 3 rings (SSSR count). The predicted octanol–water partition coefficient (Wildman–Crippen LogP) is 3.05. The molecule has 7 heteroatoms. The number of ether oxygens (including phenoxy) is 2. The summed E-state index contributed by atoms with van der Waals surface area (Å²) in [5, 5.41) is 5.51. The van der Waals surface area contributed by atoms with E-state index in [1.165, 1.54) is 0 Å². The zero-order chi connectivity index (χ0) is 18.7. The number of rotatable bonds is 3. The lowest BCUT2D eigenvalue weighted by atomic mass is 10.00. The van der Waals surface area contributed by atoms with Gasteiger partial charge in [0.25, 0.3) is 5.91 Å². The third kappa shape index (κ3) is 4.11. The third-order valence-electron chi connectivity index (χ3n) is 3.66. The van der Waals surface area contributed by atoms with Gasteiger partial charge in [-0.2, -0.15) is 0 Å². The molecular formula is C19H21N3O4. The predicted molar refractivity (Wildman–Crippen MR) is 95.8 cm³/mol. The van der Waals surface area contributed by atoms with Crippen molar-refractivity contribution in [3.63, 3.8) is 0 Å². The number of pyridine rings is 1. The van der Waals surface area contributed by atoms with E-state index >= 15 is 0 Å². The van der Waals surface area contributed by atoms with E-state index in [0.717, 1.165) is 5.56 Å². The summed E-state index contributed by atoms with van der Waals surface area (Å²) in [7, 11) is 0. The van der Waals surface area contributed by atoms with E-state index in [9.17, 15) is 9.59 Å². The molecule has 0 unspecified atom stereocenters. The monoisotopic (exact) mass is 355 g/mol. The molecule has 0 bridgehead atoms. The van der Waals surface area contributed by atoms with Gasteiger partial charge in [0.2, 0.25) is 12.0 Å². The number of hydrogen-bond donors (Lipinski definition) is 2. The first-order valence-corrected chi connectivity index (χ1v) is 8.30. The molecule has 0 aliphatic carbocycles. The Morgan fingerprint density at radius 3 is 2.65 bits per heavy atom. The van der Waals surface area contributed by atoms with Gasteiger partial charge in [0.1, 0.15) is 17.3 Å². The fourth-order valence-corrected chi connectivity index (χ4v) is 2.61. The summed E-state index contributed by atoms with van der Waals surface area (Å²) in [6, 6.07) is 11.8. The fourth-order valence-electron chi connectivity index (χ4n) is 2.61. The number of amides is 2. The average molecular weight is 355 g/mol. The number of anilines is 1. The van der Waals surface area contributed by atoms with Crippen LogP contribution in [0.4, 0.5) is 10.5 Å².